The van der Waals surface area contributed by atoms with Crippen molar-refractivity contribution in [1.82, 2.24) is 0 Å². The summed E-state index contributed by atoms with van der Waals surface area (Å²) in [4.78, 5) is 3.32. The second kappa shape index (κ2) is 6.17. The van der Waals surface area contributed by atoms with Crippen molar-refractivity contribution in [2.75, 3.05) is 11.5 Å². The van der Waals surface area contributed by atoms with Gasteiger partial charge in [-0.05, 0) is 22.8 Å². The molecule has 0 saturated carbocycles. The van der Waals surface area contributed by atoms with Gasteiger partial charge in [0.05, 0.1) is 10.1 Å². The molecule has 0 spiro atoms. The fourth-order valence-corrected chi connectivity index (χ4v) is 6.14. The lowest BCUT2D eigenvalue weighted by Crippen LogP contribution is -2.28. The number of benzene rings is 1. The van der Waals surface area contributed by atoms with Crippen molar-refractivity contribution in [2.45, 2.75) is 25.4 Å². The number of halogens is 1. The molecule has 3 nitrogen and oxygen atoms in total. The van der Waals surface area contributed by atoms with Crippen LogP contribution in [-0.4, -0.2) is 11.5 Å². The summed E-state index contributed by atoms with van der Waals surface area (Å²) in [6.07, 6.45) is 0. The van der Waals surface area contributed by atoms with E-state index in [-0.39, 0.29) is 10.3 Å². The van der Waals surface area contributed by atoms with Crippen LogP contribution in [0.1, 0.15) is 30.9 Å². The summed E-state index contributed by atoms with van der Waals surface area (Å²) in [6.45, 7) is 6.80. The van der Waals surface area contributed by atoms with Crippen molar-refractivity contribution in [3.05, 3.63) is 27.1 Å². The van der Waals surface area contributed by atoms with Crippen LogP contribution in [0.3, 0.4) is 0 Å². The second-order valence-electron chi connectivity index (χ2n) is 6.00. The molecule has 0 amide bonds. The van der Waals surface area contributed by atoms with Gasteiger partial charge in [0, 0.05) is 10.5 Å². The average Bonchev–Trinajstić information content (AvgIpc) is 2.40. The van der Waals surface area contributed by atoms with E-state index < -0.39 is 0 Å². The van der Waals surface area contributed by atoms with Crippen LogP contribution in [0.25, 0.3) is 4.98 Å². The fourth-order valence-electron chi connectivity index (χ4n) is 2.02. The van der Waals surface area contributed by atoms with Crippen molar-refractivity contribution in [3.63, 3.8) is 0 Å². The molecule has 0 aliphatic carbocycles. The van der Waals surface area contributed by atoms with Gasteiger partial charge in [-0.25, -0.2) is 0 Å². The minimum atomic E-state index is -0.0634. The SMILES string of the molecule is CC(C)(C)C1CSC(c2cc([O-])c(Br)cc2[N+]#N)SC1. The number of hydrogen-bond donors (Lipinski definition) is 0. The molecule has 1 saturated heterocycles. The normalized spacial score (nSPS) is 23.4. The molecule has 0 N–H and O–H groups in total. The zero-order valence-corrected chi connectivity index (χ0v) is 14.9. The summed E-state index contributed by atoms with van der Waals surface area (Å²) < 4.78 is 0.604. The zero-order valence-electron chi connectivity index (χ0n) is 11.7. The van der Waals surface area contributed by atoms with Crippen molar-refractivity contribution in [2.24, 2.45) is 11.3 Å². The second-order valence-corrected chi connectivity index (χ2v) is 9.43. The Morgan fingerprint density at radius 1 is 1.30 bits per heavy atom. The lowest BCUT2D eigenvalue weighted by atomic mass is 9.83. The highest BCUT2D eigenvalue weighted by molar-refractivity contribution is 9.10. The van der Waals surface area contributed by atoms with Gasteiger partial charge in [-0.1, -0.05) is 48.5 Å². The molecule has 1 aliphatic heterocycles. The molecule has 0 radical (unpaired) electrons. The molecule has 0 aromatic heterocycles. The number of nitrogens with zero attached hydrogens (tertiary/aromatic N) is 2. The molecule has 108 valence electrons. The molecular formula is C14H17BrN2OS2. The maximum Gasteiger partial charge on any atom is 0.391 e. The molecule has 1 aromatic rings. The highest BCUT2D eigenvalue weighted by Gasteiger charge is 2.34. The maximum atomic E-state index is 11.8. The van der Waals surface area contributed by atoms with Gasteiger partial charge in [0.2, 0.25) is 5.39 Å². The van der Waals surface area contributed by atoms with Gasteiger partial charge in [0.1, 0.15) is 0 Å². The molecule has 1 aromatic carbocycles. The first-order chi connectivity index (χ1) is 9.32. The monoisotopic (exact) mass is 372 g/mol. The lowest BCUT2D eigenvalue weighted by Gasteiger charge is -2.36. The highest BCUT2D eigenvalue weighted by atomic mass is 79.9. The van der Waals surface area contributed by atoms with Crippen LogP contribution in [0.4, 0.5) is 5.69 Å². The van der Waals surface area contributed by atoms with Crippen molar-refractivity contribution in [1.29, 1.82) is 5.39 Å². The number of rotatable bonds is 1. The summed E-state index contributed by atoms with van der Waals surface area (Å²) in [6, 6.07) is 3.18. The summed E-state index contributed by atoms with van der Waals surface area (Å²) in [5.41, 5.74) is 1.61. The fraction of sp³-hybridized carbons (Fsp3) is 0.571. The third-order valence-corrected chi connectivity index (χ3v) is 7.30. The van der Waals surface area contributed by atoms with E-state index in [1.54, 1.807) is 12.1 Å². The number of thioether (sulfide) groups is 2. The standard InChI is InChI=1S/C14H17BrN2OS2/c1-14(2,3)8-6-19-13(20-7-8)9-4-12(18)10(15)5-11(9)17-16/h4-5,8,13H,6-7H2,1-3H3. The highest BCUT2D eigenvalue weighted by Crippen LogP contribution is 2.52. The molecule has 0 unspecified atom stereocenters. The Bertz CT molecular complexity index is 543. The van der Waals surface area contributed by atoms with E-state index in [4.69, 9.17) is 5.39 Å². The van der Waals surface area contributed by atoms with Gasteiger partial charge in [0.15, 0.2) is 4.98 Å². The lowest BCUT2D eigenvalue weighted by molar-refractivity contribution is -0.269. The van der Waals surface area contributed by atoms with Crippen molar-refractivity contribution in [3.8, 4) is 5.75 Å². The predicted molar refractivity (Wildman–Crippen MR) is 88.9 cm³/mol. The van der Waals surface area contributed by atoms with Gasteiger partial charge in [-0.15, -0.1) is 23.5 Å². The van der Waals surface area contributed by atoms with Gasteiger partial charge in [-0.2, -0.15) is 0 Å². The Morgan fingerprint density at radius 3 is 2.40 bits per heavy atom. The Balaban J connectivity index is 2.19. The quantitative estimate of drug-likeness (QED) is 0.639. The largest absolute Gasteiger partial charge is 0.872 e. The third kappa shape index (κ3) is 3.44. The number of hydrogen-bond acceptors (Lipinski definition) is 4. The zero-order chi connectivity index (χ0) is 14.9. The summed E-state index contributed by atoms with van der Waals surface area (Å²) >= 11 is 6.85. The van der Waals surface area contributed by atoms with Gasteiger partial charge in [0.25, 0.3) is 0 Å². The molecular weight excluding hydrogens is 356 g/mol. The van der Waals surface area contributed by atoms with Crippen molar-refractivity contribution < 1.29 is 5.11 Å². The molecule has 0 bridgehead atoms. The van der Waals surface area contributed by atoms with Crippen LogP contribution in [0.2, 0.25) is 0 Å². The number of diazo groups is 1. The molecule has 1 fully saturated rings. The van der Waals surface area contributed by atoms with Crippen LogP contribution in [-0.2, 0) is 0 Å². The summed E-state index contributed by atoms with van der Waals surface area (Å²) in [5.74, 6) is 2.73. The van der Waals surface area contributed by atoms with Crippen molar-refractivity contribution >= 4 is 45.1 Å². The molecule has 1 heterocycles. The first-order valence-corrected chi connectivity index (χ1v) is 9.30. The van der Waals surface area contributed by atoms with Crippen LogP contribution in [0.15, 0.2) is 16.6 Å². The van der Waals surface area contributed by atoms with E-state index in [1.165, 1.54) is 0 Å². The van der Waals surface area contributed by atoms with Crippen LogP contribution in [0, 0.1) is 16.7 Å². The molecule has 20 heavy (non-hydrogen) atoms. The summed E-state index contributed by atoms with van der Waals surface area (Å²) in [7, 11) is 0. The smallest absolute Gasteiger partial charge is 0.391 e. The van der Waals surface area contributed by atoms with E-state index in [9.17, 15) is 5.11 Å². The maximum absolute atomic E-state index is 11.8. The minimum Gasteiger partial charge on any atom is -0.872 e. The van der Waals surface area contributed by atoms with Crippen LogP contribution >= 0.6 is 39.5 Å². The van der Waals surface area contributed by atoms with E-state index in [2.05, 4.69) is 41.7 Å². The van der Waals surface area contributed by atoms with Gasteiger partial charge >= 0.3 is 5.69 Å². The molecule has 0 atom stereocenters. The molecule has 6 heteroatoms. The van der Waals surface area contributed by atoms with E-state index in [0.717, 1.165) is 17.1 Å². The first-order valence-electron chi connectivity index (χ1n) is 6.41. The van der Waals surface area contributed by atoms with Crippen LogP contribution < -0.4 is 5.11 Å². The summed E-state index contributed by atoms with van der Waals surface area (Å²) in [5, 5.41) is 20.9. The van der Waals surface area contributed by atoms with Crippen LogP contribution in [0.5, 0.6) is 5.75 Å². The predicted octanol–water partition coefficient (Wildman–Crippen LogP) is 5.15. The first kappa shape index (κ1) is 16.0. The topological polar surface area (TPSA) is 51.2 Å². The Hall–Kier alpha value is -0.380. The minimum absolute atomic E-state index is 0.0634. The molecule has 1 aliphatic rings. The Morgan fingerprint density at radius 2 is 1.90 bits per heavy atom. The molecule has 2 rings (SSSR count). The Kier molecular flexibility index (Phi) is 4.93. The van der Waals surface area contributed by atoms with E-state index >= 15 is 0 Å². The average molecular weight is 373 g/mol. The Labute approximate surface area is 136 Å². The van der Waals surface area contributed by atoms with E-state index in [0.29, 0.717) is 21.5 Å². The van der Waals surface area contributed by atoms with Gasteiger partial charge in [-0.3, -0.25) is 0 Å². The van der Waals surface area contributed by atoms with E-state index in [1.807, 2.05) is 23.5 Å². The van der Waals surface area contributed by atoms with Gasteiger partial charge < -0.3 is 5.11 Å². The third-order valence-electron chi connectivity index (χ3n) is 3.57.